The molecule has 0 radical (unpaired) electrons. The van der Waals surface area contributed by atoms with E-state index in [0.717, 1.165) is 12.2 Å². The molecule has 0 bridgehead atoms. The number of benzene rings is 2. The van der Waals surface area contributed by atoms with Crippen LogP contribution in [0.15, 0.2) is 48.5 Å². The van der Waals surface area contributed by atoms with E-state index in [1.54, 1.807) is 12.1 Å². The summed E-state index contributed by atoms with van der Waals surface area (Å²) in [5.41, 5.74) is 3.43. The van der Waals surface area contributed by atoms with Crippen LogP contribution in [-0.2, 0) is 6.54 Å². The summed E-state index contributed by atoms with van der Waals surface area (Å²) in [6.45, 7) is 0.776. The second kappa shape index (κ2) is 5.45. The minimum absolute atomic E-state index is 0.288. The van der Waals surface area contributed by atoms with Crippen molar-refractivity contribution in [2.24, 2.45) is 0 Å². The normalized spacial score (nSPS) is 10.1. The molecule has 0 saturated carbocycles. The van der Waals surface area contributed by atoms with Gasteiger partial charge in [-0.2, -0.15) is 0 Å². The van der Waals surface area contributed by atoms with E-state index in [1.165, 1.54) is 11.3 Å². The molecule has 0 fully saturated rings. The fraction of sp³-hybridized carbons (Fsp3) is 0.200. The molecule has 94 valence electrons. The van der Waals surface area contributed by atoms with Gasteiger partial charge < -0.3 is 15.3 Å². The number of anilines is 2. The molecule has 2 aromatic carbocycles. The number of phenolic OH excluding ortho intramolecular Hbond substituents is 1. The quantitative estimate of drug-likeness (QED) is 0.809. The van der Waals surface area contributed by atoms with Gasteiger partial charge in [-0.3, -0.25) is 0 Å². The van der Waals surface area contributed by atoms with Crippen LogP contribution in [0.25, 0.3) is 0 Å². The van der Waals surface area contributed by atoms with Crippen molar-refractivity contribution >= 4 is 11.4 Å². The Morgan fingerprint density at radius 2 is 1.56 bits per heavy atom. The third kappa shape index (κ3) is 3.17. The van der Waals surface area contributed by atoms with Gasteiger partial charge in [0.05, 0.1) is 0 Å². The monoisotopic (exact) mass is 242 g/mol. The van der Waals surface area contributed by atoms with Gasteiger partial charge in [-0.1, -0.05) is 12.1 Å². The van der Waals surface area contributed by atoms with Gasteiger partial charge in [0.25, 0.3) is 0 Å². The molecule has 0 heterocycles. The smallest absolute Gasteiger partial charge is 0.115 e. The highest BCUT2D eigenvalue weighted by Gasteiger charge is 1.97. The maximum atomic E-state index is 9.19. The standard InChI is InChI=1S/C15H18N2O/c1-17(2)14-7-3-12(4-8-14)11-16-13-5-9-15(18)10-6-13/h3-10,16,18H,11H2,1-2H3. The molecule has 0 spiro atoms. The van der Waals surface area contributed by atoms with Crippen LogP contribution in [0, 0.1) is 0 Å². The molecule has 2 N–H and O–H groups in total. The Kier molecular flexibility index (Phi) is 3.72. The van der Waals surface area contributed by atoms with Crippen LogP contribution in [0.2, 0.25) is 0 Å². The summed E-state index contributed by atoms with van der Waals surface area (Å²) < 4.78 is 0. The largest absolute Gasteiger partial charge is 0.508 e. The summed E-state index contributed by atoms with van der Waals surface area (Å²) in [5.74, 6) is 0.288. The highest BCUT2D eigenvalue weighted by atomic mass is 16.3. The Morgan fingerprint density at radius 1 is 0.944 bits per heavy atom. The molecule has 0 unspecified atom stereocenters. The van der Waals surface area contributed by atoms with Crippen molar-refractivity contribution in [3.8, 4) is 5.75 Å². The lowest BCUT2D eigenvalue weighted by Gasteiger charge is -2.13. The van der Waals surface area contributed by atoms with Crippen LogP contribution >= 0.6 is 0 Å². The first kappa shape index (κ1) is 12.3. The molecule has 3 heteroatoms. The summed E-state index contributed by atoms with van der Waals surface area (Å²) in [6, 6.07) is 15.5. The molecule has 0 aromatic heterocycles. The molecule has 0 saturated heterocycles. The zero-order valence-electron chi connectivity index (χ0n) is 10.7. The molecule has 0 aliphatic heterocycles. The van der Waals surface area contributed by atoms with E-state index in [9.17, 15) is 5.11 Å². The first-order valence-corrected chi connectivity index (χ1v) is 5.94. The summed E-state index contributed by atoms with van der Waals surface area (Å²) >= 11 is 0. The van der Waals surface area contributed by atoms with E-state index in [1.807, 2.05) is 26.2 Å². The molecule has 3 nitrogen and oxygen atoms in total. The second-order valence-electron chi connectivity index (χ2n) is 4.46. The van der Waals surface area contributed by atoms with Crippen LogP contribution < -0.4 is 10.2 Å². The number of nitrogens with one attached hydrogen (secondary N) is 1. The number of hydrogen-bond acceptors (Lipinski definition) is 3. The van der Waals surface area contributed by atoms with Gasteiger partial charge >= 0.3 is 0 Å². The summed E-state index contributed by atoms with van der Waals surface area (Å²) in [5, 5.41) is 12.5. The van der Waals surface area contributed by atoms with E-state index in [-0.39, 0.29) is 5.75 Å². The van der Waals surface area contributed by atoms with E-state index in [0.29, 0.717) is 0 Å². The minimum atomic E-state index is 0.288. The van der Waals surface area contributed by atoms with E-state index < -0.39 is 0 Å². The number of aromatic hydroxyl groups is 1. The third-order valence-corrected chi connectivity index (χ3v) is 2.82. The molecular weight excluding hydrogens is 224 g/mol. The average molecular weight is 242 g/mol. The van der Waals surface area contributed by atoms with Crippen LogP contribution in [0.4, 0.5) is 11.4 Å². The fourth-order valence-corrected chi connectivity index (χ4v) is 1.70. The van der Waals surface area contributed by atoms with Crippen LogP contribution in [0.1, 0.15) is 5.56 Å². The zero-order valence-corrected chi connectivity index (χ0v) is 10.7. The molecule has 0 aliphatic rings. The Bertz CT molecular complexity index is 489. The topological polar surface area (TPSA) is 35.5 Å². The SMILES string of the molecule is CN(C)c1ccc(CNc2ccc(O)cc2)cc1. The van der Waals surface area contributed by atoms with Gasteiger partial charge in [-0.25, -0.2) is 0 Å². The van der Waals surface area contributed by atoms with Crippen molar-refractivity contribution in [3.05, 3.63) is 54.1 Å². The predicted molar refractivity (Wildman–Crippen MR) is 76.2 cm³/mol. The highest BCUT2D eigenvalue weighted by molar-refractivity contribution is 5.48. The molecule has 18 heavy (non-hydrogen) atoms. The Hall–Kier alpha value is -2.16. The molecular formula is C15H18N2O. The van der Waals surface area contributed by atoms with Gasteiger partial charge in [0, 0.05) is 32.0 Å². The maximum Gasteiger partial charge on any atom is 0.115 e. The van der Waals surface area contributed by atoms with E-state index in [2.05, 4.69) is 34.5 Å². The van der Waals surface area contributed by atoms with Crippen molar-refractivity contribution in [2.75, 3.05) is 24.3 Å². The Morgan fingerprint density at radius 3 is 2.11 bits per heavy atom. The first-order valence-electron chi connectivity index (χ1n) is 5.94. The van der Waals surface area contributed by atoms with Gasteiger partial charge in [-0.05, 0) is 42.0 Å². The molecule has 0 aliphatic carbocycles. The lowest BCUT2D eigenvalue weighted by molar-refractivity contribution is 0.475. The number of phenols is 1. The Balaban J connectivity index is 1.95. The van der Waals surface area contributed by atoms with E-state index >= 15 is 0 Å². The van der Waals surface area contributed by atoms with Crippen molar-refractivity contribution < 1.29 is 5.11 Å². The van der Waals surface area contributed by atoms with E-state index in [4.69, 9.17) is 0 Å². The van der Waals surface area contributed by atoms with Gasteiger partial charge in [0.1, 0.15) is 5.75 Å². The zero-order chi connectivity index (χ0) is 13.0. The Labute approximate surface area is 108 Å². The molecule has 0 amide bonds. The summed E-state index contributed by atoms with van der Waals surface area (Å²) in [7, 11) is 4.06. The van der Waals surface area contributed by atoms with Crippen molar-refractivity contribution in [1.29, 1.82) is 0 Å². The van der Waals surface area contributed by atoms with Crippen LogP contribution in [-0.4, -0.2) is 19.2 Å². The summed E-state index contributed by atoms with van der Waals surface area (Å²) in [6.07, 6.45) is 0. The van der Waals surface area contributed by atoms with Crippen LogP contribution in [0.3, 0.4) is 0 Å². The fourth-order valence-electron chi connectivity index (χ4n) is 1.70. The van der Waals surface area contributed by atoms with Gasteiger partial charge in [0.2, 0.25) is 0 Å². The lowest BCUT2D eigenvalue weighted by Crippen LogP contribution is -2.08. The molecule has 0 atom stereocenters. The number of hydrogen-bond donors (Lipinski definition) is 2. The average Bonchev–Trinajstić information content (AvgIpc) is 2.38. The second-order valence-corrected chi connectivity index (χ2v) is 4.46. The third-order valence-electron chi connectivity index (χ3n) is 2.82. The van der Waals surface area contributed by atoms with Gasteiger partial charge in [-0.15, -0.1) is 0 Å². The predicted octanol–water partition coefficient (Wildman–Crippen LogP) is 3.07. The van der Waals surface area contributed by atoms with Gasteiger partial charge in [0.15, 0.2) is 0 Å². The lowest BCUT2D eigenvalue weighted by atomic mass is 10.2. The maximum absolute atomic E-state index is 9.19. The van der Waals surface area contributed by atoms with Crippen LogP contribution in [0.5, 0.6) is 5.75 Å². The number of nitrogens with zero attached hydrogens (tertiary/aromatic N) is 1. The summed E-state index contributed by atoms with van der Waals surface area (Å²) in [4.78, 5) is 2.08. The van der Waals surface area contributed by atoms with Crippen molar-refractivity contribution in [2.45, 2.75) is 6.54 Å². The molecule has 2 rings (SSSR count). The first-order chi connectivity index (χ1) is 8.65. The van der Waals surface area contributed by atoms with Crippen molar-refractivity contribution in [3.63, 3.8) is 0 Å². The van der Waals surface area contributed by atoms with Crippen molar-refractivity contribution in [1.82, 2.24) is 0 Å². The molecule has 2 aromatic rings. The minimum Gasteiger partial charge on any atom is -0.508 e. The number of rotatable bonds is 4. The highest BCUT2D eigenvalue weighted by Crippen LogP contribution is 2.16.